The van der Waals surface area contributed by atoms with Crippen LogP contribution in [0.15, 0.2) is 0 Å². The highest BCUT2D eigenvalue weighted by molar-refractivity contribution is 7.94. The van der Waals surface area contributed by atoms with Crippen molar-refractivity contribution in [2.75, 3.05) is 0 Å². The Morgan fingerprint density at radius 2 is 1.36 bits per heavy atom. The van der Waals surface area contributed by atoms with Crippen LogP contribution < -0.4 is 0 Å². The van der Waals surface area contributed by atoms with E-state index in [0.29, 0.717) is 12.8 Å². The predicted octanol–water partition coefficient (Wildman–Crippen LogP) is 1.47. The zero-order valence-corrected chi connectivity index (χ0v) is 10.0. The molecule has 0 radical (unpaired) electrons. The van der Waals surface area contributed by atoms with Gasteiger partial charge in [-0.3, -0.25) is 9.59 Å². The van der Waals surface area contributed by atoms with Crippen LogP contribution in [0, 0.1) is 0 Å². The van der Waals surface area contributed by atoms with Gasteiger partial charge in [-0.25, -0.2) is 0 Å². The Hall–Kier alpha value is -0.350. The van der Waals surface area contributed by atoms with Gasteiger partial charge >= 0.3 is 0 Å². The molecule has 0 aliphatic heterocycles. The molecule has 0 aliphatic rings. The Morgan fingerprint density at radius 1 is 1.07 bits per heavy atom. The van der Waals surface area contributed by atoms with Gasteiger partial charge in [-0.1, -0.05) is 13.8 Å². The van der Waals surface area contributed by atoms with Gasteiger partial charge in [-0.05, 0) is 25.0 Å². The van der Waals surface area contributed by atoms with Crippen molar-refractivity contribution in [3.63, 3.8) is 0 Å². The van der Waals surface area contributed by atoms with E-state index in [0.717, 1.165) is 0 Å². The number of ketones is 2. The lowest BCUT2D eigenvalue weighted by molar-refractivity contribution is -0.118. The van der Waals surface area contributed by atoms with Gasteiger partial charge in [0.25, 0.3) is 0 Å². The fraction of sp³-hybridized carbons (Fsp3) is 0.800. The molecule has 2 atom stereocenters. The highest BCUT2D eigenvalue weighted by Gasteiger charge is 2.32. The van der Waals surface area contributed by atoms with Crippen molar-refractivity contribution >= 4 is 22.7 Å². The molecule has 0 amide bonds. The smallest absolute Gasteiger partial charge is 0.184 e. The van der Waals surface area contributed by atoms with Crippen molar-refractivity contribution in [3.05, 3.63) is 0 Å². The molecule has 0 saturated carbocycles. The minimum atomic E-state index is -1.37. The third kappa shape index (κ3) is 3.42. The number of carbonyl (C=O) groups excluding carboxylic acids is 2. The predicted molar refractivity (Wildman–Crippen MR) is 57.7 cm³/mol. The summed E-state index contributed by atoms with van der Waals surface area (Å²) in [4.78, 5) is 22.5. The summed E-state index contributed by atoms with van der Waals surface area (Å²) in [5, 5.41) is -1.05. The van der Waals surface area contributed by atoms with E-state index in [1.807, 2.05) is 0 Å². The van der Waals surface area contributed by atoms with Crippen molar-refractivity contribution < 1.29 is 14.1 Å². The van der Waals surface area contributed by atoms with E-state index in [1.54, 1.807) is 27.7 Å². The summed E-state index contributed by atoms with van der Waals surface area (Å²) >= 11 is -1.37. The first kappa shape index (κ1) is 13.7. The zero-order chi connectivity index (χ0) is 11.3. The molecule has 0 aromatic heterocycles. The van der Waals surface area contributed by atoms with Crippen LogP contribution in [-0.2, 0) is 20.8 Å². The van der Waals surface area contributed by atoms with Gasteiger partial charge in [-0.15, -0.1) is 0 Å². The molecule has 4 heteroatoms. The highest BCUT2D eigenvalue weighted by Crippen LogP contribution is 2.13. The van der Waals surface area contributed by atoms with E-state index in [4.69, 9.17) is 0 Å². The van der Waals surface area contributed by atoms with Crippen LogP contribution in [0.25, 0.3) is 0 Å². The first-order valence-electron chi connectivity index (χ1n) is 4.90. The third-order valence-corrected chi connectivity index (χ3v) is 4.22. The number of Topliss-reactive ketones (excluding diaryl/α,β-unsaturated/α-hetero) is 2. The Morgan fingerprint density at radius 3 is 1.57 bits per heavy atom. The summed E-state index contributed by atoms with van der Waals surface area (Å²) in [5.41, 5.74) is 0. The van der Waals surface area contributed by atoms with Crippen molar-refractivity contribution in [2.24, 2.45) is 0 Å². The Bertz CT molecular complexity index is 193. The second-order valence-electron chi connectivity index (χ2n) is 3.25. The normalized spacial score (nSPS) is 17.2. The first-order valence-corrected chi connectivity index (χ1v) is 6.18. The Labute approximate surface area is 88.4 Å². The number of hydrogen-bond donors (Lipinski definition) is 0. The van der Waals surface area contributed by atoms with Crippen LogP contribution in [-0.4, -0.2) is 26.6 Å². The van der Waals surface area contributed by atoms with E-state index >= 15 is 0 Å². The van der Waals surface area contributed by atoms with Gasteiger partial charge in [0, 0.05) is 12.8 Å². The average Bonchev–Trinajstić information content (AvgIpc) is 2.23. The molecule has 0 fully saturated rings. The summed E-state index contributed by atoms with van der Waals surface area (Å²) in [6.45, 7) is 6.73. The van der Waals surface area contributed by atoms with Crippen LogP contribution in [0.4, 0.5) is 0 Å². The second kappa shape index (κ2) is 6.19. The second-order valence-corrected chi connectivity index (χ2v) is 5.32. The quantitative estimate of drug-likeness (QED) is 0.634. The minimum Gasteiger partial charge on any atom is -0.615 e. The summed E-state index contributed by atoms with van der Waals surface area (Å²) in [5.74, 6) is -0.0850. The molecule has 2 unspecified atom stereocenters. The molecular formula is C10H18O3S. The van der Waals surface area contributed by atoms with Gasteiger partial charge in [0.1, 0.15) is 0 Å². The van der Waals surface area contributed by atoms with E-state index in [9.17, 15) is 14.1 Å². The Balaban J connectivity index is 4.37. The molecular weight excluding hydrogens is 200 g/mol. The molecule has 0 heterocycles. The maximum absolute atomic E-state index is 11.7. The molecule has 0 N–H and O–H groups in total. The van der Waals surface area contributed by atoms with Gasteiger partial charge in [0.2, 0.25) is 0 Å². The van der Waals surface area contributed by atoms with Gasteiger partial charge < -0.3 is 4.55 Å². The monoisotopic (exact) mass is 218 g/mol. The lowest BCUT2D eigenvalue weighted by Crippen LogP contribution is -2.38. The van der Waals surface area contributed by atoms with Gasteiger partial charge in [0.15, 0.2) is 22.1 Å². The third-order valence-electron chi connectivity index (χ3n) is 2.30. The molecule has 0 aromatic carbocycles. The molecule has 0 aromatic rings. The molecule has 3 nitrogen and oxygen atoms in total. The topological polar surface area (TPSA) is 57.2 Å². The fourth-order valence-electron chi connectivity index (χ4n) is 1.14. The van der Waals surface area contributed by atoms with Crippen molar-refractivity contribution in [1.29, 1.82) is 0 Å². The average molecular weight is 218 g/mol. The van der Waals surface area contributed by atoms with E-state index in [2.05, 4.69) is 0 Å². The fourth-order valence-corrected chi connectivity index (χ4v) is 2.60. The molecule has 0 bridgehead atoms. The molecule has 82 valence electrons. The SMILES string of the molecule is CCC(=O)C(C)[S+]([O-])C(C)C(=O)CC. The van der Waals surface area contributed by atoms with E-state index in [1.165, 1.54) is 0 Å². The van der Waals surface area contributed by atoms with Crippen LogP contribution in [0.1, 0.15) is 40.5 Å². The van der Waals surface area contributed by atoms with Crippen LogP contribution in [0.5, 0.6) is 0 Å². The summed E-state index contributed by atoms with van der Waals surface area (Å²) < 4.78 is 11.7. The molecule has 0 rings (SSSR count). The van der Waals surface area contributed by atoms with Crippen LogP contribution >= 0.6 is 0 Å². The maximum Gasteiger partial charge on any atom is 0.184 e. The van der Waals surface area contributed by atoms with Gasteiger partial charge in [-0.2, -0.15) is 0 Å². The molecule has 14 heavy (non-hydrogen) atoms. The van der Waals surface area contributed by atoms with Crippen LogP contribution in [0.2, 0.25) is 0 Å². The molecule has 0 aliphatic carbocycles. The first-order chi connectivity index (χ1) is 6.45. The van der Waals surface area contributed by atoms with E-state index < -0.39 is 21.7 Å². The lowest BCUT2D eigenvalue weighted by atomic mass is 10.2. The van der Waals surface area contributed by atoms with Gasteiger partial charge in [0.05, 0.1) is 0 Å². The molecule has 0 saturated heterocycles. The number of hydrogen-bond acceptors (Lipinski definition) is 3. The maximum atomic E-state index is 11.7. The minimum absolute atomic E-state index is 0.0425. The summed E-state index contributed by atoms with van der Waals surface area (Å²) in [6, 6.07) is 0. The summed E-state index contributed by atoms with van der Waals surface area (Å²) in [6.07, 6.45) is 0.750. The molecule has 0 spiro atoms. The largest absolute Gasteiger partial charge is 0.615 e. The van der Waals surface area contributed by atoms with Crippen LogP contribution in [0.3, 0.4) is 0 Å². The van der Waals surface area contributed by atoms with Crippen molar-refractivity contribution in [1.82, 2.24) is 0 Å². The highest BCUT2D eigenvalue weighted by atomic mass is 32.2. The Kier molecular flexibility index (Phi) is 6.04. The number of carbonyl (C=O) groups is 2. The van der Waals surface area contributed by atoms with E-state index in [-0.39, 0.29) is 11.6 Å². The lowest BCUT2D eigenvalue weighted by Gasteiger charge is -2.21. The zero-order valence-electron chi connectivity index (χ0n) is 9.20. The standard InChI is InChI=1S/C10H18O3S/c1-5-9(11)7(3)14(13)8(4)10(12)6-2/h7-8H,5-6H2,1-4H3. The number of rotatable bonds is 6. The van der Waals surface area contributed by atoms with Crippen molar-refractivity contribution in [2.45, 2.75) is 51.0 Å². The summed E-state index contributed by atoms with van der Waals surface area (Å²) in [7, 11) is 0. The van der Waals surface area contributed by atoms with Crippen molar-refractivity contribution in [3.8, 4) is 0 Å².